The van der Waals surface area contributed by atoms with Crippen LogP contribution in [-0.4, -0.2) is 55.2 Å². The van der Waals surface area contributed by atoms with Crippen molar-refractivity contribution < 1.29 is 13.9 Å². The molecule has 6 nitrogen and oxygen atoms in total. The number of hydrogen-bond acceptors (Lipinski definition) is 7. The van der Waals surface area contributed by atoms with Gasteiger partial charge >= 0.3 is 0 Å². The molecule has 160 valence electrons. The number of carbonyl (C=O) groups is 1. The molecule has 0 spiro atoms. The largest absolute Gasteiger partial charge is 0.454 e. The maximum atomic E-state index is 13.2. The van der Waals surface area contributed by atoms with Gasteiger partial charge in [-0.05, 0) is 30.0 Å². The molecule has 1 fully saturated rings. The van der Waals surface area contributed by atoms with E-state index in [9.17, 15) is 4.79 Å². The summed E-state index contributed by atoms with van der Waals surface area (Å²) in [4.78, 5) is 22.9. The Balaban J connectivity index is 1.36. The van der Waals surface area contributed by atoms with Crippen LogP contribution in [0.2, 0.25) is 0 Å². The Morgan fingerprint density at radius 3 is 2.81 bits per heavy atom. The van der Waals surface area contributed by atoms with E-state index in [1.54, 1.807) is 0 Å². The monoisotopic (exact) mass is 453 g/mol. The first-order valence-corrected chi connectivity index (χ1v) is 12.1. The Labute approximate surface area is 188 Å². The molecule has 1 saturated heterocycles. The fourth-order valence-corrected chi connectivity index (χ4v) is 5.21. The van der Waals surface area contributed by atoms with Crippen LogP contribution in [0.3, 0.4) is 0 Å². The normalized spacial score (nSPS) is 14.8. The summed E-state index contributed by atoms with van der Waals surface area (Å²) in [5.41, 5.74) is 1.59. The minimum atomic E-state index is 0.00230. The SMILES string of the molecule is O=C(c1cccs1)N(CCCN1CCOCC1)c1nc(-c2cc3ccccc3o2)cs1. The van der Waals surface area contributed by atoms with Crippen molar-refractivity contribution in [3.63, 3.8) is 0 Å². The third-order valence-electron chi connectivity index (χ3n) is 5.34. The van der Waals surface area contributed by atoms with Crippen LogP contribution >= 0.6 is 22.7 Å². The second-order valence-corrected chi connectivity index (χ2v) is 9.19. The highest BCUT2D eigenvalue weighted by atomic mass is 32.1. The molecule has 0 saturated carbocycles. The van der Waals surface area contributed by atoms with E-state index in [1.807, 2.05) is 58.1 Å². The van der Waals surface area contributed by atoms with E-state index in [4.69, 9.17) is 14.1 Å². The van der Waals surface area contributed by atoms with E-state index in [-0.39, 0.29) is 5.91 Å². The molecular weight excluding hydrogens is 430 g/mol. The first-order valence-electron chi connectivity index (χ1n) is 10.4. The van der Waals surface area contributed by atoms with E-state index < -0.39 is 0 Å². The second kappa shape index (κ2) is 9.32. The number of thiazole rings is 1. The van der Waals surface area contributed by atoms with Crippen LogP contribution in [0.1, 0.15) is 16.1 Å². The van der Waals surface area contributed by atoms with Gasteiger partial charge in [-0.2, -0.15) is 0 Å². The lowest BCUT2D eigenvalue weighted by Gasteiger charge is -2.27. The van der Waals surface area contributed by atoms with Gasteiger partial charge in [0.25, 0.3) is 5.91 Å². The molecule has 0 radical (unpaired) electrons. The summed E-state index contributed by atoms with van der Waals surface area (Å²) < 4.78 is 11.4. The highest BCUT2D eigenvalue weighted by Crippen LogP contribution is 2.32. The lowest BCUT2D eigenvalue weighted by atomic mass is 10.2. The van der Waals surface area contributed by atoms with Gasteiger partial charge in [0.2, 0.25) is 0 Å². The van der Waals surface area contributed by atoms with Crippen molar-refractivity contribution in [3.05, 3.63) is 58.1 Å². The number of fused-ring (bicyclic) bond motifs is 1. The lowest BCUT2D eigenvalue weighted by molar-refractivity contribution is 0.0376. The Morgan fingerprint density at radius 1 is 1.13 bits per heavy atom. The first-order chi connectivity index (χ1) is 15.3. The molecule has 1 aliphatic rings. The Morgan fingerprint density at radius 2 is 2.00 bits per heavy atom. The van der Waals surface area contributed by atoms with Gasteiger partial charge in [0.05, 0.1) is 18.1 Å². The number of nitrogens with zero attached hydrogens (tertiary/aromatic N) is 3. The van der Waals surface area contributed by atoms with Crippen LogP contribution in [0.4, 0.5) is 5.13 Å². The zero-order chi connectivity index (χ0) is 21.0. The van der Waals surface area contributed by atoms with Gasteiger partial charge in [0.15, 0.2) is 10.9 Å². The fraction of sp³-hybridized carbons (Fsp3) is 0.304. The van der Waals surface area contributed by atoms with Crippen molar-refractivity contribution in [1.82, 2.24) is 9.88 Å². The van der Waals surface area contributed by atoms with Crippen LogP contribution in [0.5, 0.6) is 0 Å². The zero-order valence-corrected chi connectivity index (χ0v) is 18.7. The number of amides is 1. The Bertz CT molecular complexity index is 1110. The molecule has 0 unspecified atom stereocenters. The Hall–Kier alpha value is -2.52. The molecule has 5 rings (SSSR count). The number of carbonyl (C=O) groups excluding carboxylic acids is 1. The number of aromatic nitrogens is 1. The van der Waals surface area contributed by atoms with Gasteiger partial charge in [-0.3, -0.25) is 14.6 Å². The fourth-order valence-electron chi connectivity index (χ4n) is 3.70. The van der Waals surface area contributed by atoms with Crippen molar-refractivity contribution in [2.75, 3.05) is 44.3 Å². The van der Waals surface area contributed by atoms with Crippen LogP contribution in [0.25, 0.3) is 22.4 Å². The summed E-state index contributed by atoms with van der Waals surface area (Å²) in [6.45, 7) is 5.04. The van der Waals surface area contributed by atoms with Gasteiger partial charge < -0.3 is 9.15 Å². The minimum Gasteiger partial charge on any atom is -0.454 e. The molecule has 4 aromatic rings. The third kappa shape index (κ3) is 4.57. The summed E-state index contributed by atoms with van der Waals surface area (Å²) >= 11 is 2.94. The molecular formula is C23H23N3O3S2. The standard InChI is InChI=1S/C23H23N3O3S2/c27-22(21-7-3-14-30-21)26(9-4-8-25-10-12-28-13-11-25)23-24-18(16-31-23)20-15-17-5-1-2-6-19(17)29-20/h1-3,5-7,14-16H,4,8-13H2. The van der Waals surface area contributed by atoms with Crippen molar-refractivity contribution in [2.24, 2.45) is 0 Å². The molecule has 1 aliphatic heterocycles. The van der Waals surface area contributed by atoms with Crippen LogP contribution in [0, 0.1) is 0 Å². The van der Waals surface area contributed by atoms with E-state index >= 15 is 0 Å². The maximum absolute atomic E-state index is 13.2. The van der Waals surface area contributed by atoms with Gasteiger partial charge in [0.1, 0.15) is 11.3 Å². The minimum absolute atomic E-state index is 0.00230. The summed E-state index contributed by atoms with van der Waals surface area (Å²) in [5, 5.41) is 5.64. The molecule has 1 amide bonds. The van der Waals surface area contributed by atoms with Crippen molar-refractivity contribution in [1.29, 1.82) is 0 Å². The predicted molar refractivity (Wildman–Crippen MR) is 125 cm³/mol. The van der Waals surface area contributed by atoms with Crippen molar-refractivity contribution in [2.45, 2.75) is 6.42 Å². The molecule has 31 heavy (non-hydrogen) atoms. The van der Waals surface area contributed by atoms with Gasteiger partial charge in [-0.25, -0.2) is 4.98 Å². The number of anilines is 1. The highest BCUT2D eigenvalue weighted by Gasteiger charge is 2.23. The molecule has 1 aromatic carbocycles. The molecule has 0 N–H and O–H groups in total. The Kier molecular flexibility index (Phi) is 6.13. The highest BCUT2D eigenvalue weighted by molar-refractivity contribution is 7.14. The van der Waals surface area contributed by atoms with Crippen LogP contribution < -0.4 is 4.90 Å². The summed E-state index contributed by atoms with van der Waals surface area (Å²) in [6, 6.07) is 13.7. The lowest BCUT2D eigenvalue weighted by Crippen LogP contribution is -2.39. The smallest absolute Gasteiger partial charge is 0.270 e. The molecule has 0 atom stereocenters. The predicted octanol–water partition coefficient (Wildman–Crippen LogP) is 4.99. The molecule has 0 aliphatic carbocycles. The number of ether oxygens (including phenoxy) is 1. The summed E-state index contributed by atoms with van der Waals surface area (Å²) in [5.74, 6) is 0.725. The molecule has 0 bridgehead atoms. The van der Waals surface area contributed by atoms with Crippen molar-refractivity contribution in [3.8, 4) is 11.5 Å². The molecule has 4 heterocycles. The summed E-state index contributed by atoms with van der Waals surface area (Å²) in [6.07, 6.45) is 0.886. The van der Waals surface area contributed by atoms with Gasteiger partial charge in [0, 0.05) is 36.9 Å². The van der Waals surface area contributed by atoms with Gasteiger partial charge in [-0.1, -0.05) is 24.3 Å². The second-order valence-electron chi connectivity index (χ2n) is 7.41. The number of benzene rings is 1. The first kappa shape index (κ1) is 20.4. The number of rotatable bonds is 7. The van der Waals surface area contributed by atoms with E-state index in [1.165, 1.54) is 22.7 Å². The van der Waals surface area contributed by atoms with Crippen molar-refractivity contribution >= 4 is 44.7 Å². The third-order valence-corrected chi connectivity index (χ3v) is 7.06. The summed E-state index contributed by atoms with van der Waals surface area (Å²) in [7, 11) is 0. The number of hydrogen-bond donors (Lipinski definition) is 0. The molecule has 8 heteroatoms. The number of para-hydroxylation sites is 1. The van der Waals surface area contributed by atoms with Crippen LogP contribution in [-0.2, 0) is 4.74 Å². The molecule has 3 aromatic heterocycles. The number of thiophene rings is 1. The average molecular weight is 454 g/mol. The topological polar surface area (TPSA) is 58.8 Å². The number of morpholine rings is 1. The number of furan rings is 1. The quantitative estimate of drug-likeness (QED) is 0.395. The van der Waals surface area contributed by atoms with E-state index in [2.05, 4.69) is 4.90 Å². The van der Waals surface area contributed by atoms with Crippen LogP contribution in [0.15, 0.2) is 57.6 Å². The average Bonchev–Trinajstić information content (AvgIpc) is 3.57. The maximum Gasteiger partial charge on any atom is 0.270 e. The van der Waals surface area contributed by atoms with E-state index in [0.717, 1.165) is 66.6 Å². The van der Waals surface area contributed by atoms with E-state index in [0.29, 0.717) is 11.7 Å². The van der Waals surface area contributed by atoms with Gasteiger partial charge in [-0.15, -0.1) is 22.7 Å². The zero-order valence-electron chi connectivity index (χ0n) is 17.0.